The Balaban J connectivity index is 2.71. The van der Waals surface area contributed by atoms with Crippen molar-refractivity contribution >= 4 is 0 Å². The van der Waals surface area contributed by atoms with Crippen molar-refractivity contribution < 1.29 is 4.74 Å². The topological polar surface area (TPSA) is 27.1 Å². The standard InChI is InChI=1S/C18H26N2O/c1-12(2)14(5)17-16(15-10-8-7-9-11-15)18(21-6)19-20(17)13(3)4/h7-14H,1-6H3. The molecule has 0 aliphatic heterocycles. The highest BCUT2D eigenvalue weighted by Gasteiger charge is 2.26. The molecule has 1 unspecified atom stereocenters. The number of ether oxygens (including phenoxy) is 1. The van der Waals surface area contributed by atoms with E-state index in [2.05, 4.69) is 63.6 Å². The van der Waals surface area contributed by atoms with Crippen LogP contribution in [0.3, 0.4) is 0 Å². The molecule has 3 heteroatoms. The Labute approximate surface area is 127 Å². The molecule has 114 valence electrons. The van der Waals surface area contributed by atoms with Crippen LogP contribution in [-0.4, -0.2) is 16.9 Å². The Hall–Kier alpha value is -1.77. The highest BCUT2D eigenvalue weighted by Crippen LogP contribution is 2.40. The van der Waals surface area contributed by atoms with E-state index in [1.165, 1.54) is 11.3 Å². The predicted molar refractivity (Wildman–Crippen MR) is 87.9 cm³/mol. The molecule has 21 heavy (non-hydrogen) atoms. The van der Waals surface area contributed by atoms with Crippen molar-refractivity contribution in [3.8, 4) is 17.0 Å². The zero-order chi connectivity index (χ0) is 15.6. The molecule has 2 rings (SSSR count). The molecule has 0 saturated carbocycles. The molecule has 0 aliphatic rings. The maximum absolute atomic E-state index is 5.57. The van der Waals surface area contributed by atoms with E-state index in [4.69, 9.17) is 9.84 Å². The molecule has 3 nitrogen and oxygen atoms in total. The fraction of sp³-hybridized carbons (Fsp3) is 0.500. The first kappa shape index (κ1) is 15.6. The lowest BCUT2D eigenvalue weighted by Gasteiger charge is -2.21. The van der Waals surface area contributed by atoms with Crippen LogP contribution in [0, 0.1) is 5.92 Å². The van der Waals surface area contributed by atoms with Gasteiger partial charge in [-0.15, -0.1) is 5.10 Å². The fourth-order valence-corrected chi connectivity index (χ4v) is 2.59. The summed E-state index contributed by atoms with van der Waals surface area (Å²) in [5.74, 6) is 1.68. The average molecular weight is 286 g/mol. The summed E-state index contributed by atoms with van der Waals surface area (Å²) in [4.78, 5) is 0. The van der Waals surface area contributed by atoms with Crippen molar-refractivity contribution in [2.45, 2.75) is 46.6 Å². The molecule has 0 bridgehead atoms. The van der Waals surface area contributed by atoms with E-state index in [0.29, 0.717) is 17.9 Å². The van der Waals surface area contributed by atoms with E-state index >= 15 is 0 Å². The largest absolute Gasteiger partial charge is 0.479 e. The van der Waals surface area contributed by atoms with Gasteiger partial charge < -0.3 is 4.74 Å². The lowest BCUT2D eigenvalue weighted by molar-refractivity contribution is 0.379. The van der Waals surface area contributed by atoms with Gasteiger partial charge in [0, 0.05) is 12.0 Å². The smallest absolute Gasteiger partial charge is 0.240 e. The molecular formula is C18H26N2O. The van der Waals surface area contributed by atoms with E-state index in [1.807, 2.05) is 6.07 Å². The van der Waals surface area contributed by atoms with Crippen molar-refractivity contribution in [3.63, 3.8) is 0 Å². The van der Waals surface area contributed by atoms with Crippen LogP contribution < -0.4 is 4.74 Å². The van der Waals surface area contributed by atoms with E-state index in [9.17, 15) is 0 Å². The monoisotopic (exact) mass is 286 g/mol. The third-order valence-corrected chi connectivity index (χ3v) is 4.09. The molecule has 0 fully saturated rings. The van der Waals surface area contributed by atoms with Crippen LogP contribution in [0.5, 0.6) is 5.88 Å². The van der Waals surface area contributed by atoms with Gasteiger partial charge >= 0.3 is 0 Å². The molecule has 0 aliphatic carbocycles. The van der Waals surface area contributed by atoms with Gasteiger partial charge in [0.2, 0.25) is 5.88 Å². The number of benzene rings is 1. The fourth-order valence-electron chi connectivity index (χ4n) is 2.59. The molecule has 1 aromatic heterocycles. The second kappa shape index (κ2) is 6.33. The molecule has 0 spiro atoms. The number of rotatable bonds is 5. The molecule has 1 heterocycles. The van der Waals surface area contributed by atoms with Gasteiger partial charge in [-0.25, -0.2) is 0 Å². The van der Waals surface area contributed by atoms with Crippen LogP contribution in [-0.2, 0) is 0 Å². The molecular weight excluding hydrogens is 260 g/mol. The van der Waals surface area contributed by atoms with E-state index < -0.39 is 0 Å². The number of hydrogen-bond acceptors (Lipinski definition) is 2. The van der Waals surface area contributed by atoms with Crippen LogP contribution in [0.15, 0.2) is 30.3 Å². The second-order valence-corrected chi connectivity index (χ2v) is 6.21. The van der Waals surface area contributed by atoms with Crippen LogP contribution in [0.4, 0.5) is 0 Å². The molecule has 0 N–H and O–H groups in total. The lowest BCUT2D eigenvalue weighted by Crippen LogP contribution is -2.14. The summed E-state index contributed by atoms with van der Waals surface area (Å²) in [5.41, 5.74) is 3.57. The Morgan fingerprint density at radius 1 is 1.00 bits per heavy atom. The lowest BCUT2D eigenvalue weighted by atomic mass is 9.89. The number of nitrogens with zero attached hydrogens (tertiary/aromatic N) is 2. The number of hydrogen-bond donors (Lipinski definition) is 0. The second-order valence-electron chi connectivity index (χ2n) is 6.21. The van der Waals surface area contributed by atoms with Crippen molar-refractivity contribution in [3.05, 3.63) is 36.0 Å². The van der Waals surface area contributed by atoms with Crippen LogP contribution in [0.1, 0.15) is 52.3 Å². The molecule has 1 aromatic carbocycles. The maximum Gasteiger partial charge on any atom is 0.240 e. The van der Waals surface area contributed by atoms with Gasteiger partial charge in [0.15, 0.2) is 0 Å². The molecule has 2 aromatic rings. The summed E-state index contributed by atoms with van der Waals surface area (Å²) in [6.07, 6.45) is 0. The molecule has 0 amide bonds. The predicted octanol–water partition coefficient (Wildman–Crippen LogP) is 4.90. The van der Waals surface area contributed by atoms with Gasteiger partial charge in [0.05, 0.1) is 18.4 Å². The van der Waals surface area contributed by atoms with Crippen LogP contribution >= 0.6 is 0 Å². The zero-order valence-electron chi connectivity index (χ0n) is 13.9. The third kappa shape index (κ3) is 2.97. The van der Waals surface area contributed by atoms with Crippen molar-refractivity contribution in [1.82, 2.24) is 9.78 Å². The molecule has 0 radical (unpaired) electrons. The molecule has 0 saturated heterocycles. The molecule has 1 atom stereocenters. The van der Waals surface area contributed by atoms with Crippen molar-refractivity contribution in [2.24, 2.45) is 5.92 Å². The van der Waals surface area contributed by atoms with Gasteiger partial charge in [-0.3, -0.25) is 4.68 Å². The van der Waals surface area contributed by atoms with Crippen LogP contribution in [0.2, 0.25) is 0 Å². The van der Waals surface area contributed by atoms with Crippen molar-refractivity contribution in [1.29, 1.82) is 0 Å². The minimum absolute atomic E-state index is 0.313. The first-order valence-electron chi connectivity index (χ1n) is 7.69. The quantitative estimate of drug-likeness (QED) is 0.781. The van der Waals surface area contributed by atoms with E-state index in [0.717, 1.165) is 11.4 Å². The van der Waals surface area contributed by atoms with E-state index in [-0.39, 0.29) is 0 Å². The highest BCUT2D eigenvalue weighted by molar-refractivity contribution is 5.72. The summed E-state index contributed by atoms with van der Waals surface area (Å²) in [5, 5.41) is 4.70. The third-order valence-electron chi connectivity index (χ3n) is 4.09. The summed E-state index contributed by atoms with van der Waals surface area (Å²) in [6, 6.07) is 10.7. The van der Waals surface area contributed by atoms with Crippen molar-refractivity contribution in [2.75, 3.05) is 7.11 Å². The van der Waals surface area contributed by atoms with E-state index in [1.54, 1.807) is 7.11 Å². The number of aromatic nitrogens is 2. The zero-order valence-corrected chi connectivity index (χ0v) is 13.9. The Bertz CT molecular complexity index is 585. The first-order valence-corrected chi connectivity index (χ1v) is 7.69. The van der Waals surface area contributed by atoms with Gasteiger partial charge in [-0.05, 0) is 25.3 Å². The Morgan fingerprint density at radius 2 is 1.62 bits per heavy atom. The van der Waals surface area contributed by atoms with Gasteiger partial charge in [-0.1, -0.05) is 51.1 Å². The SMILES string of the molecule is COc1nn(C(C)C)c(C(C)C(C)C)c1-c1ccccc1. The van der Waals surface area contributed by atoms with Gasteiger partial charge in [0.1, 0.15) is 0 Å². The normalized spacial score (nSPS) is 13.0. The summed E-state index contributed by atoms with van der Waals surface area (Å²) in [7, 11) is 1.70. The summed E-state index contributed by atoms with van der Waals surface area (Å²) in [6.45, 7) is 11.1. The minimum Gasteiger partial charge on any atom is -0.479 e. The number of methoxy groups -OCH3 is 1. The van der Waals surface area contributed by atoms with Crippen LogP contribution in [0.25, 0.3) is 11.1 Å². The summed E-state index contributed by atoms with van der Waals surface area (Å²) < 4.78 is 7.69. The van der Waals surface area contributed by atoms with Gasteiger partial charge in [0.25, 0.3) is 0 Å². The average Bonchev–Trinajstić information content (AvgIpc) is 2.86. The first-order chi connectivity index (χ1) is 9.97. The highest BCUT2D eigenvalue weighted by atomic mass is 16.5. The summed E-state index contributed by atoms with van der Waals surface area (Å²) >= 11 is 0. The van der Waals surface area contributed by atoms with Gasteiger partial charge in [-0.2, -0.15) is 0 Å². The Morgan fingerprint density at radius 3 is 2.10 bits per heavy atom. The minimum atomic E-state index is 0.313. The maximum atomic E-state index is 5.57. The Kier molecular flexibility index (Phi) is 4.71.